The van der Waals surface area contributed by atoms with Crippen molar-refractivity contribution in [3.05, 3.63) is 51.2 Å². The molecule has 0 aromatic carbocycles. The van der Waals surface area contributed by atoms with E-state index in [4.69, 9.17) is 11.6 Å². The first kappa shape index (κ1) is 12.0. The number of carbonyl (C=O) groups excluding carboxylic acids is 1. The number of amides is 1. The lowest BCUT2D eigenvalue weighted by atomic mass is 10.3. The largest absolute Gasteiger partial charge is 0.346 e. The molecule has 1 N–H and O–H groups in total. The van der Waals surface area contributed by atoms with E-state index in [2.05, 4.69) is 10.3 Å². The summed E-state index contributed by atoms with van der Waals surface area (Å²) in [4.78, 5) is 16.0. The fourth-order valence-electron chi connectivity index (χ4n) is 1.24. The summed E-state index contributed by atoms with van der Waals surface area (Å²) in [6, 6.07) is 7.68. The van der Waals surface area contributed by atoms with Gasteiger partial charge in [-0.1, -0.05) is 17.7 Å². The van der Waals surface area contributed by atoms with Gasteiger partial charge in [-0.3, -0.25) is 4.79 Å². The lowest BCUT2D eigenvalue weighted by Crippen LogP contribution is -2.23. The Morgan fingerprint density at radius 1 is 1.41 bits per heavy atom. The molecule has 0 aliphatic rings. The first-order valence-corrected chi connectivity index (χ1v) is 5.99. The molecule has 88 valence electrons. The van der Waals surface area contributed by atoms with Crippen LogP contribution in [0.2, 0.25) is 4.34 Å². The lowest BCUT2D eigenvalue weighted by molar-refractivity contribution is 0.0945. The SMILES string of the molecule is O=C(NCc1ccc(Cl)s1)c1cccc(F)n1. The third kappa shape index (κ3) is 3.25. The third-order valence-corrected chi connectivity index (χ3v) is 3.23. The maximum absolute atomic E-state index is 12.8. The zero-order valence-corrected chi connectivity index (χ0v) is 10.2. The van der Waals surface area contributed by atoms with Crippen molar-refractivity contribution in [1.29, 1.82) is 0 Å². The molecule has 6 heteroatoms. The predicted octanol–water partition coefficient (Wildman–Crippen LogP) is 2.87. The second-order valence-corrected chi connectivity index (χ2v) is 5.03. The van der Waals surface area contributed by atoms with Crippen molar-refractivity contribution in [3.63, 3.8) is 0 Å². The molecular weight excluding hydrogens is 263 g/mol. The van der Waals surface area contributed by atoms with E-state index in [-0.39, 0.29) is 5.69 Å². The van der Waals surface area contributed by atoms with E-state index in [1.165, 1.54) is 29.5 Å². The van der Waals surface area contributed by atoms with Gasteiger partial charge in [-0.25, -0.2) is 4.98 Å². The highest BCUT2D eigenvalue weighted by Crippen LogP contribution is 2.21. The van der Waals surface area contributed by atoms with Crippen molar-refractivity contribution in [1.82, 2.24) is 10.3 Å². The van der Waals surface area contributed by atoms with Crippen LogP contribution in [0.15, 0.2) is 30.3 Å². The highest BCUT2D eigenvalue weighted by molar-refractivity contribution is 7.16. The second-order valence-electron chi connectivity index (χ2n) is 3.23. The zero-order valence-electron chi connectivity index (χ0n) is 8.61. The summed E-state index contributed by atoms with van der Waals surface area (Å²) in [5.74, 6) is -1.08. The summed E-state index contributed by atoms with van der Waals surface area (Å²) < 4.78 is 13.5. The lowest BCUT2D eigenvalue weighted by Gasteiger charge is -2.02. The normalized spacial score (nSPS) is 10.2. The van der Waals surface area contributed by atoms with Crippen LogP contribution in [0, 0.1) is 5.95 Å². The summed E-state index contributed by atoms with van der Waals surface area (Å²) in [6.45, 7) is 0.356. The molecule has 2 heterocycles. The Morgan fingerprint density at radius 2 is 2.24 bits per heavy atom. The molecule has 0 unspecified atom stereocenters. The van der Waals surface area contributed by atoms with Crippen LogP contribution in [0.25, 0.3) is 0 Å². The molecule has 2 rings (SSSR count). The van der Waals surface area contributed by atoms with Gasteiger partial charge in [-0.2, -0.15) is 4.39 Å². The molecule has 0 fully saturated rings. The van der Waals surface area contributed by atoms with Crippen LogP contribution >= 0.6 is 22.9 Å². The maximum atomic E-state index is 12.8. The van der Waals surface area contributed by atoms with Crippen LogP contribution in [0.3, 0.4) is 0 Å². The van der Waals surface area contributed by atoms with Crippen molar-refractivity contribution >= 4 is 28.8 Å². The Morgan fingerprint density at radius 3 is 2.88 bits per heavy atom. The van der Waals surface area contributed by atoms with Gasteiger partial charge in [0.15, 0.2) is 0 Å². The number of thiophene rings is 1. The predicted molar refractivity (Wildman–Crippen MR) is 64.7 cm³/mol. The zero-order chi connectivity index (χ0) is 12.3. The number of nitrogens with zero attached hydrogens (tertiary/aromatic N) is 1. The number of halogens is 2. The Kier molecular flexibility index (Phi) is 3.71. The van der Waals surface area contributed by atoms with E-state index in [1.807, 2.05) is 6.07 Å². The number of rotatable bonds is 3. The van der Waals surface area contributed by atoms with Gasteiger partial charge in [0.1, 0.15) is 5.69 Å². The highest BCUT2D eigenvalue weighted by atomic mass is 35.5. The average Bonchev–Trinajstić information content (AvgIpc) is 2.72. The maximum Gasteiger partial charge on any atom is 0.270 e. The minimum atomic E-state index is -0.670. The summed E-state index contributed by atoms with van der Waals surface area (Å²) in [6.07, 6.45) is 0. The van der Waals surface area contributed by atoms with Gasteiger partial charge < -0.3 is 5.32 Å². The van der Waals surface area contributed by atoms with Crippen LogP contribution in [0.5, 0.6) is 0 Å². The Hall–Kier alpha value is -1.46. The monoisotopic (exact) mass is 270 g/mol. The summed E-state index contributed by atoms with van der Waals surface area (Å²) >= 11 is 7.14. The fourth-order valence-corrected chi connectivity index (χ4v) is 2.27. The quantitative estimate of drug-likeness (QED) is 0.872. The fraction of sp³-hybridized carbons (Fsp3) is 0.0909. The minimum Gasteiger partial charge on any atom is -0.346 e. The topological polar surface area (TPSA) is 42.0 Å². The molecule has 2 aromatic heterocycles. The van der Waals surface area contributed by atoms with E-state index in [1.54, 1.807) is 6.07 Å². The van der Waals surface area contributed by atoms with Crippen LogP contribution in [-0.4, -0.2) is 10.9 Å². The highest BCUT2D eigenvalue weighted by Gasteiger charge is 2.08. The van der Waals surface area contributed by atoms with Gasteiger partial charge in [0.05, 0.1) is 10.9 Å². The van der Waals surface area contributed by atoms with Crippen molar-refractivity contribution in [2.24, 2.45) is 0 Å². The number of pyridine rings is 1. The van der Waals surface area contributed by atoms with E-state index >= 15 is 0 Å². The molecule has 17 heavy (non-hydrogen) atoms. The molecule has 0 saturated heterocycles. The minimum absolute atomic E-state index is 0.0626. The third-order valence-electron chi connectivity index (χ3n) is 2.00. The van der Waals surface area contributed by atoms with Crippen molar-refractivity contribution in [2.75, 3.05) is 0 Å². The molecule has 1 amide bonds. The average molecular weight is 271 g/mol. The molecule has 2 aromatic rings. The van der Waals surface area contributed by atoms with Gasteiger partial charge in [-0.05, 0) is 24.3 Å². The number of nitrogens with one attached hydrogen (secondary N) is 1. The Labute approximate surface area is 106 Å². The number of aromatic nitrogens is 1. The summed E-state index contributed by atoms with van der Waals surface area (Å²) in [5, 5.41) is 2.64. The molecule has 0 atom stereocenters. The first-order valence-electron chi connectivity index (χ1n) is 4.80. The molecule has 0 bridgehead atoms. The Bertz CT molecular complexity index is 544. The second kappa shape index (κ2) is 5.25. The molecule has 0 spiro atoms. The molecule has 3 nitrogen and oxygen atoms in total. The van der Waals surface area contributed by atoms with Gasteiger partial charge >= 0.3 is 0 Å². The van der Waals surface area contributed by atoms with Gasteiger partial charge in [0.2, 0.25) is 5.95 Å². The number of hydrogen-bond donors (Lipinski definition) is 1. The van der Waals surface area contributed by atoms with E-state index in [0.717, 1.165) is 4.88 Å². The number of carbonyl (C=O) groups is 1. The van der Waals surface area contributed by atoms with Crippen LogP contribution < -0.4 is 5.32 Å². The first-order chi connectivity index (χ1) is 8.15. The molecule has 0 aliphatic heterocycles. The summed E-state index contributed by atoms with van der Waals surface area (Å²) in [7, 11) is 0. The Balaban J connectivity index is 1.98. The van der Waals surface area contributed by atoms with Crippen molar-refractivity contribution < 1.29 is 9.18 Å². The molecular formula is C11H8ClFN2OS. The molecule has 0 aliphatic carbocycles. The van der Waals surface area contributed by atoms with E-state index < -0.39 is 11.9 Å². The molecule has 0 radical (unpaired) electrons. The van der Waals surface area contributed by atoms with E-state index in [0.29, 0.717) is 10.9 Å². The molecule has 0 saturated carbocycles. The smallest absolute Gasteiger partial charge is 0.270 e. The van der Waals surface area contributed by atoms with Crippen molar-refractivity contribution in [2.45, 2.75) is 6.54 Å². The van der Waals surface area contributed by atoms with Gasteiger partial charge in [0, 0.05) is 4.88 Å². The van der Waals surface area contributed by atoms with Crippen LogP contribution in [0.4, 0.5) is 4.39 Å². The number of hydrogen-bond acceptors (Lipinski definition) is 3. The van der Waals surface area contributed by atoms with Crippen LogP contribution in [0.1, 0.15) is 15.4 Å². The van der Waals surface area contributed by atoms with Gasteiger partial charge in [-0.15, -0.1) is 11.3 Å². The van der Waals surface area contributed by atoms with Gasteiger partial charge in [0.25, 0.3) is 5.91 Å². The standard InChI is InChI=1S/C11H8ClFN2OS/c12-9-5-4-7(17-9)6-14-11(16)8-2-1-3-10(13)15-8/h1-5H,6H2,(H,14,16). The van der Waals surface area contributed by atoms with Crippen LogP contribution in [-0.2, 0) is 6.54 Å². The summed E-state index contributed by atoms with van der Waals surface area (Å²) in [5.41, 5.74) is 0.0626. The van der Waals surface area contributed by atoms with Crippen molar-refractivity contribution in [3.8, 4) is 0 Å². The van der Waals surface area contributed by atoms with E-state index in [9.17, 15) is 9.18 Å².